The first-order valence-electron chi connectivity index (χ1n) is 8.52. The van der Waals surface area contributed by atoms with Crippen LogP contribution in [-0.4, -0.2) is 30.9 Å². The highest BCUT2D eigenvalue weighted by molar-refractivity contribution is 7.10. The van der Waals surface area contributed by atoms with Crippen LogP contribution in [-0.2, 0) is 11.3 Å². The maximum Gasteiger partial charge on any atom is 0.315 e. The van der Waals surface area contributed by atoms with Crippen LogP contribution in [0.5, 0.6) is 0 Å². The molecule has 1 atom stereocenters. The maximum absolute atomic E-state index is 12.2. The van der Waals surface area contributed by atoms with E-state index in [0.717, 1.165) is 21.2 Å². The molecule has 0 aliphatic heterocycles. The predicted molar refractivity (Wildman–Crippen MR) is 104 cm³/mol. The normalized spacial score (nSPS) is 12.0. The molecule has 1 unspecified atom stereocenters. The molecule has 3 rings (SSSR count). The second-order valence-corrected chi connectivity index (χ2v) is 6.78. The lowest BCUT2D eigenvalue weighted by Gasteiger charge is -2.17. The first kappa shape index (κ1) is 18.4. The number of aliphatic hydroxyl groups excluding tert-OH is 1. The average Bonchev–Trinajstić information content (AvgIpc) is 3.21. The van der Waals surface area contributed by atoms with Crippen molar-refractivity contribution in [3.63, 3.8) is 0 Å². The topological polar surface area (TPSA) is 70.6 Å². The summed E-state index contributed by atoms with van der Waals surface area (Å²) in [6.45, 7) is 0.993. The first-order chi connectivity index (χ1) is 12.8. The number of thiophene rings is 1. The number of rotatable bonds is 8. The number of hydrogen-bond acceptors (Lipinski definition) is 4. The van der Waals surface area contributed by atoms with Gasteiger partial charge in [0.25, 0.3) is 0 Å². The van der Waals surface area contributed by atoms with Crippen molar-refractivity contribution in [1.29, 1.82) is 0 Å². The van der Waals surface area contributed by atoms with Crippen LogP contribution in [0.4, 0.5) is 4.79 Å². The Morgan fingerprint density at radius 1 is 1.08 bits per heavy atom. The van der Waals surface area contributed by atoms with Gasteiger partial charge in [0.15, 0.2) is 0 Å². The summed E-state index contributed by atoms with van der Waals surface area (Å²) in [5, 5.41) is 19.0. The van der Waals surface area contributed by atoms with Crippen molar-refractivity contribution in [1.82, 2.24) is 10.6 Å². The van der Waals surface area contributed by atoms with Crippen LogP contribution in [0, 0.1) is 0 Å². The molecule has 0 saturated heterocycles. The molecule has 0 fully saturated rings. The minimum atomic E-state index is -0.259. The van der Waals surface area contributed by atoms with Crippen LogP contribution >= 0.6 is 11.3 Å². The second-order valence-electron chi connectivity index (χ2n) is 5.80. The SMILES string of the molecule is O=C(NCc1cccc2ccccc12)NCC(OCCO)c1cccs1. The van der Waals surface area contributed by atoms with Gasteiger partial charge in [0.1, 0.15) is 6.10 Å². The van der Waals surface area contributed by atoms with E-state index in [1.165, 1.54) is 0 Å². The Kier molecular flexibility index (Phi) is 6.60. The lowest BCUT2D eigenvalue weighted by atomic mass is 10.0. The standard InChI is InChI=1S/C20H22N2O3S/c23-10-11-25-18(19-9-4-12-26-19)14-22-20(24)21-13-16-7-3-6-15-5-1-2-8-17(15)16/h1-9,12,18,23H,10-11,13-14H2,(H2,21,22,24). The summed E-state index contributed by atoms with van der Waals surface area (Å²) in [5.41, 5.74) is 1.07. The number of ether oxygens (including phenoxy) is 1. The van der Waals surface area contributed by atoms with E-state index in [-0.39, 0.29) is 25.3 Å². The van der Waals surface area contributed by atoms with Gasteiger partial charge in [-0.15, -0.1) is 11.3 Å². The minimum absolute atomic E-state index is 0.0465. The molecule has 0 aliphatic carbocycles. The average molecular weight is 370 g/mol. The summed E-state index contributed by atoms with van der Waals surface area (Å²) < 4.78 is 5.62. The van der Waals surface area contributed by atoms with Gasteiger partial charge in [-0.25, -0.2) is 4.79 Å². The summed E-state index contributed by atoms with van der Waals surface area (Å²) in [7, 11) is 0. The fourth-order valence-electron chi connectivity index (χ4n) is 2.78. The van der Waals surface area contributed by atoms with Gasteiger partial charge in [0, 0.05) is 11.4 Å². The molecule has 2 aromatic carbocycles. The maximum atomic E-state index is 12.2. The quantitative estimate of drug-likeness (QED) is 0.569. The predicted octanol–water partition coefficient (Wildman–Crippen LogP) is 3.45. The molecule has 0 saturated carbocycles. The van der Waals surface area contributed by atoms with Gasteiger partial charge >= 0.3 is 6.03 Å². The molecule has 3 N–H and O–H groups in total. The number of carbonyl (C=O) groups excluding carboxylic acids is 1. The van der Waals surface area contributed by atoms with E-state index in [1.54, 1.807) is 11.3 Å². The highest BCUT2D eigenvalue weighted by Gasteiger charge is 2.14. The van der Waals surface area contributed by atoms with Crippen molar-refractivity contribution >= 4 is 28.1 Å². The molecule has 1 heterocycles. The molecule has 6 heteroatoms. The van der Waals surface area contributed by atoms with E-state index in [4.69, 9.17) is 9.84 Å². The van der Waals surface area contributed by atoms with Crippen molar-refractivity contribution in [2.45, 2.75) is 12.6 Å². The van der Waals surface area contributed by atoms with Crippen LogP contribution in [0.3, 0.4) is 0 Å². The zero-order chi connectivity index (χ0) is 18.2. The smallest absolute Gasteiger partial charge is 0.315 e. The molecule has 26 heavy (non-hydrogen) atoms. The highest BCUT2D eigenvalue weighted by Crippen LogP contribution is 2.22. The Morgan fingerprint density at radius 3 is 2.73 bits per heavy atom. The Balaban J connectivity index is 1.54. The summed E-state index contributed by atoms with van der Waals surface area (Å²) in [6.07, 6.45) is -0.259. The van der Waals surface area contributed by atoms with Crippen molar-refractivity contribution < 1.29 is 14.6 Å². The lowest BCUT2D eigenvalue weighted by molar-refractivity contribution is 0.0314. The number of nitrogens with one attached hydrogen (secondary N) is 2. The van der Waals surface area contributed by atoms with E-state index < -0.39 is 0 Å². The fourth-order valence-corrected chi connectivity index (χ4v) is 3.56. The number of urea groups is 1. The van der Waals surface area contributed by atoms with Crippen molar-refractivity contribution in [3.05, 3.63) is 70.4 Å². The van der Waals surface area contributed by atoms with Crippen LogP contribution < -0.4 is 10.6 Å². The van der Waals surface area contributed by atoms with Crippen LogP contribution in [0.2, 0.25) is 0 Å². The number of benzene rings is 2. The van der Waals surface area contributed by atoms with E-state index in [2.05, 4.69) is 28.8 Å². The Labute approximate surface area is 156 Å². The van der Waals surface area contributed by atoms with Crippen molar-refractivity contribution in [2.24, 2.45) is 0 Å². The first-order valence-corrected chi connectivity index (χ1v) is 9.40. The number of carbonyl (C=O) groups is 1. The minimum Gasteiger partial charge on any atom is -0.394 e. The molecular weight excluding hydrogens is 348 g/mol. The van der Waals surface area contributed by atoms with E-state index in [9.17, 15) is 4.79 Å². The van der Waals surface area contributed by atoms with Gasteiger partial charge in [-0.3, -0.25) is 0 Å². The summed E-state index contributed by atoms with van der Waals surface area (Å²) in [4.78, 5) is 13.2. The lowest BCUT2D eigenvalue weighted by Crippen LogP contribution is -2.38. The molecule has 136 valence electrons. The second kappa shape index (κ2) is 9.33. The molecular formula is C20H22N2O3S. The largest absolute Gasteiger partial charge is 0.394 e. The summed E-state index contributed by atoms with van der Waals surface area (Å²) in [5.74, 6) is 0. The third kappa shape index (κ3) is 4.82. The van der Waals surface area contributed by atoms with Crippen molar-refractivity contribution in [2.75, 3.05) is 19.8 Å². The fraction of sp³-hybridized carbons (Fsp3) is 0.250. The third-order valence-electron chi connectivity index (χ3n) is 4.04. The number of hydrogen-bond donors (Lipinski definition) is 3. The van der Waals surface area contributed by atoms with Gasteiger partial charge in [0.2, 0.25) is 0 Å². The highest BCUT2D eigenvalue weighted by atomic mass is 32.1. The molecule has 0 bridgehead atoms. The number of aliphatic hydroxyl groups is 1. The van der Waals surface area contributed by atoms with Crippen LogP contribution in [0.25, 0.3) is 10.8 Å². The molecule has 0 aliphatic rings. The molecule has 0 radical (unpaired) electrons. The zero-order valence-electron chi connectivity index (χ0n) is 14.4. The van der Waals surface area contributed by atoms with Crippen LogP contribution in [0.15, 0.2) is 60.0 Å². The van der Waals surface area contributed by atoms with Gasteiger partial charge in [-0.1, -0.05) is 48.5 Å². The third-order valence-corrected chi connectivity index (χ3v) is 5.00. The van der Waals surface area contributed by atoms with Gasteiger partial charge < -0.3 is 20.5 Å². The van der Waals surface area contributed by atoms with E-state index in [1.807, 2.05) is 41.8 Å². The summed E-state index contributed by atoms with van der Waals surface area (Å²) in [6, 6.07) is 17.8. The van der Waals surface area contributed by atoms with Gasteiger partial charge in [-0.2, -0.15) is 0 Å². The zero-order valence-corrected chi connectivity index (χ0v) is 15.2. The molecule has 5 nitrogen and oxygen atoms in total. The molecule has 3 aromatic rings. The van der Waals surface area contributed by atoms with Gasteiger partial charge in [0.05, 0.1) is 19.8 Å². The van der Waals surface area contributed by atoms with E-state index in [0.29, 0.717) is 13.1 Å². The Morgan fingerprint density at radius 2 is 1.92 bits per heavy atom. The monoisotopic (exact) mass is 370 g/mol. The molecule has 2 amide bonds. The number of amides is 2. The molecule has 1 aromatic heterocycles. The van der Waals surface area contributed by atoms with Crippen LogP contribution in [0.1, 0.15) is 16.5 Å². The Hall–Kier alpha value is -2.41. The number of fused-ring (bicyclic) bond motifs is 1. The Bertz CT molecular complexity index is 831. The van der Waals surface area contributed by atoms with Gasteiger partial charge in [-0.05, 0) is 27.8 Å². The molecule has 0 spiro atoms. The van der Waals surface area contributed by atoms with E-state index >= 15 is 0 Å². The van der Waals surface area contributed by atoms with Crippen molar-refractivity contribution in [3.8, 4) is 0 Å². The summed E-state index contributed by atoms with van der Waals surface area (Å²) >= 11 is 1.57.